The molecule has 2 rings (SSSR count). The van der Waals surface area contributed by atoms with Crippen LogP contribution in [-0.2, 0) is 4.79 Å². The van der Waals surface area contributed by atoms with Gasteiger partial charge in [-0.05, 0) is 30.6 Å². The molecule has 2 N–H and O–H groups in total. The first-order valence-electron chi connectivity index (χ1n) is 4.91. The van der Waals surface area contributed by atoms with Crippen LogP contribution in [0.3, 0.4) is 0 Å². The van der Waals surface area contributed by atoms with Crippen molar-refractivity contribution in [2.24, 2.45) is 21.9 Å². The first-order valence-corrected chi connectivity index (χ1v) is 4.91. The maximum absolute atomic E-state index is 11.4. The number of hydrogen-bond acceptors (Lipinski definition) is 3. The van der Waals surface area contributed by atoms with Gasteiger partial charge in [-0.1, -0.05) is 19.0 Å². The number of fused-ring (bicyclic) bond motifs is 2. The summed E-state index contributed by atoms with van der Waals surface area (Å²) in [5, 5.41) is 21.4. The summed E-state index contributed by atoms with van der Waals surface area (Å²) in [7, 11) is 0. The van der Waals surface area contributed by atoms with E-state index in [0.29, 0.717) is 24.5 Å². The Morgan fingerprint density at radius 1 is 1.57 bits per heavy atom. The Hall–Kier alpha value is -1.06. The van der Waals surface area contributed by atoms with Gasteiger partial charge in [-0.15, -0.1) is 0 Å². The number of carbonyl (C=O) groups is 1. The van der Waals surface area contributed by atoms with Crippen LogP contribution in [0, 0.1) is 16.7 Å². The number of nitrogens with zero attached hydrogens (tertiary/aromatic N) is 1. The summed E-state index contributed by atoms with van der Waals surface area (Å²) in [5.74, 6) is -0.486. The molecule has 2 fully saturated rings. The van der Waals surface area contributed by atoms with Gasteiger partial charge in [0.05, 0.1) is 5.71 Å². The van der Waals surface area contributed by atoms with Crippen LogP contribution in [0.4, 0.5) is 0 Å². The lowest BCUT2D eigenvalue weighted by Crippen LogP contribution is -2.43. The normalized spacial score (nSPS) is 41.9. The van der Waals surface area contributed by atoms with E-state index in [1.807, 2.05) is 13.8 Å². The Bertz CT molecular complexity index is 321. The third-order valence-corrected chi connectivity index (χ3v) is 4.41. The quantitative estimate of drug-likeness (QED) is 0.496. The van der Waals surface area contributed by atoms with Gasteiger partial charge in [0.15, 0.2) is 0 Å². The van der Waals surface area contributed by atoms with Gasteiger partial charge in [0, 0.05) is 0 Å². The van der Waals surface area contributed by atoms with Gasteiger partial charge in [-0.25, -0.2) is 0 Å². The number of hydrogen-bond donors (Lipinski definition) is 2. The van der Waals surface area contributed by atoms with Crippen molar-refractivity contribution in [3.63, 3.8) is 0 Å². The summed E-state index contributed by atoms with van der Waals surface area (Å²) in [6.07, 6.45) is 2.17. The first kappa shape index (κ1) is 9.49. The molecule has 0 radical (unpaired) electrons. The average Bonchev–Trinajstić information content (AvgIpc) is 2.51. The molecule has 0 aromatic rings. The lowest BCUT2D eigenvalue weighted by molar-refractivity contribution is -0.148. The number of aliphatic carboxylic acids is 1. The fourth-order valence-electron chi connectivity index (χ4n) is 3.34. The largest absolute Gasteiger partial charge is 0.481 e. The molecular weight excluding hydrogens is 182 g/mol. The zero-order chi connectivity index (χ0) is 10.6. The molecule has 0 aromatic heterocycles. The fraction of sp³-hybridized carbons (Fsp3) is 0.800. The highest BCUT2D eigenvalue weighted by atomic mass is 16.4. The van der Waals surface area contributed by atoms with Gasteiger partial charge in [-0.3, -0.25) is 4.79 Å². The van der Waals surface area contributed by atoms with Crippen molar-refractivity contribution in [3.05, 3.63) is 0 Å². The van der Waals surface area contributed by atoms with Crippen LogP contribution in [0.1, 0.15) is 33.1 Å². The van der Waals surface area contributed by atoms with Crippen molar-refractivity contribution < 1.29 is 15.1 Å². The Kier molecular flexibility index (Phi) is 1.69. The van der Waals surface area contributed by atoms with E-state index >= 15 is 0 Å². The monoisotopic (exact) mass is 197 g/mol. The van der Waals surface area contributed by atoms with Gasteiger partial charge in [0.2, 0.25) is 0 Å². The molecule has 0 heterocycles. The zero-order valence-corrected chi connectivity index (χ0v) is 8.45. The maximum atomic E-state index is 11.4. The second-order valence-electron chi connectivity index (χ2n) is 4.92. The molecule has 2 atom stereocenters. The van der Waals surface area contributed by atoms with Crippen LogP contribution in [0.2, 0.25) is 0 Å². The summed E-state index contributed by atoms with van der Waals surface area (Å²) in [5.41, 5.74) is -0.724. The van der Waals surface area contributed by atoms with Crippen molar-refractivity contribution in [1.29, 1.82) is 0 Å². The van der Waals surface area contributed by atoms with E-state index in [1.54, 1.807) is 0 Å². The molecule has 0 spiro atoms. The standard InChI is InChI=1S/C10H15NO3/c1-9(2)6-3-4-10(9,8(12)13)7(5-6)11-14/h6,14H,3-5H2,1-2H3,(H,12,13)/b11-7-/t6-,10+/m0/s1. The molecule has 2 saturated carbocycles. The molecule has 0 aliphatic heterocycles. The number of rotatable bonds is 1. The molecule has 0 saturated heterocycles. The van der Waals surface area contributed by atoms with Gasteiger partial charge in [0.1, 0.15) is 5.41 Å². The Balaban J connectivity index is 2.57. The van der Waals surface area contributed by atoms with Crippen LogP contribution in [0.25, 0.3) is 0 Å². The lowest BCUT2D eigenvalue weighted by atomic mass is 9.69. The van der Waals surface area contributed by atoms with Gasteiger partial charge < -0.3 is 10.3 Å². The van der Waals surface area contributed by atoms with Gasteiger partial charge in [-0.2, -0.15) is 0 Å². The third-order valence-electron chi connectivity index (χ3n) is 4.41. The molecule has 4 nitrogen and oxygen atoms in total. The maximum Gasteiger partial charge on any atom is 0.316 e. The van der Waals surface area contributed by atoms with Crippen LogP contribution < -0.4 is 0 Å². The minimum absolute atomic E-state index is 0.277. The zero-order valence-electron chi connectivity index (χ0n) is 8.45. The second-order valence-corrected chi connectivity index (χ2v) is 4.92. The van der Waals surface area contributed by atoms with Crippen molar-refractivity contribution in [1.82, 2.24) is 0 Å². The van der Waals surface area contributed by atoms with Crippen molar-refractivity contribution in [2.45, 2.75) is 33.1 Å². The highest BCUT2D eigenvalue weighted by molar-refractivity contribution is 6.09. The van der Waals surface area contributed by atoms with E-state index in [9.17, 15) is 9.90 Å². The highest BCUT2D eigenvalue weighted by Gasteiger charge is 2.67. The van der Waals surface area contributed by atoms with E-state index in [4.69, 9.17) is 5.21 Å². The van der Waals surface area contributed by atoms with Gasteiger partial charge in [0.25, 0.3) is 0 Å². The molecule has 14 heavy (non-hydrogen) atoms. The van der Waals surface area contributed by atoms with Crippen LogP contribution >= 0.6 is 0 Å². The molecule has 78 valence electrons. The summed E-state index contributed by atoms with van der Waals surface area (Å²) in [6, 6.07) is 0. The predicted octanol–water partition coefficient (Wildman–Crippen LogP) is 1.73. The van der Waals surface area contributed by atoms with E-state index in [1.165, 1.54) is 0 Å². The lowest BCUT2D eigenvalue weighted by Gasteiger charge is -2.33. The van der Waals surface area contributed by atoms with E-state index < -0.39 is 11.4 Å². The van der Waals surface area contributed by atoms with Crippen molar-refractivity contribution in [3.8, 4) is 0 Å². The Morgan fingerprint density at radius 3 is 2.57 bits per heavy atom. The number of oxime groups is 1. The first-order chi connectivity index (χ1) is 6.46. The van der Waals surface area contributed by atoms with Crippen molar-refractivity contribution in [2.75, 3.05) is 0 Å². The Morgan fingerprint density at radius 2 is 2.21 bits per heavy atom. The van der Waals surface area contributed by atoms with Crippen molar-refractivity contribution >= 4 is 11.7 Å². The summed E-state index contributed by atoms with van der Waals surface area (Å²) >= 11 is 0. The molecule has 4 heteroatoms. The van der Waals surface area contributed by atoms with Gasteiger partial charge >= 0.3 is 5.97 Å². The minimum Gasteiger partial charge on any atom is -0.481 e. The second kappa shape index (κ2) is 2.49. The minimum atomic E-state index is -0.910. The van der Waals surface area contributed by atoms with E-state index in [-0.39, 0.29) is 5.41 Å². The average molecular weight is 197 g/mol. The predicted molar refractivity (Wildman–Crippen MR) is 50.4 cm³/mol. The number of carboxylic acid groups (broad SMARTS) is 1. The van der Waals surface area contributed by atoms with Crippen LogP contribution in [0.15, 0.2) is 5.16 Å². The molecule has 2 aliphatic carbocycles. The molecule has 2 bridgehead atoms. The fourth-order valence-corrected chi connectivity index (χ4v) is 3.34. The molecular formula is C10H15NO3. The van der Waals surface area contributed by atoms with E-state index in [2.05, 4.69) is 5.16 Å². The van der Waals surface area contributed by atoms with Crippen LogP contribution in [-0.4, -0.2) is 22.0 Å². The topological polar surface area (TPSA) is 69.9 Å². The van der Waals surface area contributed by atoms with E-state index in [0.717, 1.165) is 6.42 Å². The Labute approximate surface area is 82.6 Å². The number of carboxylic acids is 1. The molecule has 2 aliphatic rings. The smallest absolute Gasteiger partial charge is 0.316 e. The summed E-state index contributed by atoms with van der Waals surface area (Å²) in [6.45, 7) is 3.94. The molecule has 0 amide bonds. The summed E-state index contributed by atoms with van der Waals surface area (Å²) < 4.78 is 0. The molecule has 0 unspecified atom stereocenters. The van der Waals surface area contributed by atoms with Crippen LogP contribution in [0.5, 0.6) is 0 Å². The SMILES string of the molecule is CC1(C)[C@H]2CC[C@]1(C(=O)O)/C(=N\O)C2. The molecule has 0 aromatic carbocycles. The summed E-state index contributed by atoms with van der Waals surface area (Å²) in [4.78, 5) is 11.4. The highest BCUT2D eigenvalue weighted by Crippen LogP contribution is 2.64. The third kappa shape index (κ3) is 0.751.